The molecule has 1 N–H and O–H groups in total. The van der Waals surface area contributed by atoms with Gasteiger partial charge in [0, 0.05) is 48.8 Å². The molecule has 0 spiro atoms. The number of nitrogens with one attached hydrogen (secondary N) is 1. The smallest absolute Gasteiger partial charge is 0.227 e. The molecule has 5 rings (SSSR count). The van der Waals surface area contributed by atoms with Gasteiger partial charge in [-0.1, -0.05) is 25.4 Å². The van der Waals surface area contributed by atoms with Gasteiger partial charge in [0.25, 0.3) is 0 Å². The van der Waals surface area contributed by atoms with Gasteiger partial charge in [0.15, 0.2) is 0 Å². The SMILES string of the molecule is COc1cc(N2CCC(N(C)C)CC2)c(Cl)cc1Nc1nccc(-c2cnc3c(c2)C(C)(C)CC3)n1. The molecule has 2 aliphatic rings. The predicted molar refractivity (Wildman–Crippen MR) is 147 cm³/mol. The maximum Gasteiger partial charge on any atom is 0.227 e. The van der Waals surface area contributed by atoms with Gasteiger partial charge >= 0.3 is 0 Å². The number of ether oxygens (including phenoxy) is 1. The fraction of sp³-hybridized carbons (Fsp3) is 0.464. The Morgan fingerprint density at radius 2 is 1.92 bits per heavy atom. The molecule has 1 aliphatic heterocycles. The molecule has 3 aromatic rings. The standard InChI is InChI=1S/C28H35ClN6O/c1-28(2)10-6-23-20(28)14-18(17-31-23)22-7-11-30-27(32-22)33-24-15-21(29)25(16-26(24)36-5)35-12-8-19(9-13-35)34(3)4/h7,11,14-17,19H,6,8-10,12-13H2,1-5H3,(H,30,32,33). The second kappa shape index (κ2) is 9.87. The van der Waals surface area contributed by atoms with Gasteiger partial charge in [0.1, 0.15) is 5.75 Å². The van der Waals surface area contributed by atoms with Crippen LogP contribution < -0.4 is 15.0 Å². The Balaban J connectivity index is 1.38. The highest BCUT2D eigenvalue weighted by molar-refractivity contribution is 6.33. The normalized spacial score (nSPS) is 17.4. The first kappa shape index (κ1) is 24.8. The number of fused-ring (bicyclic) bond motifs is 1. The van der Waals surface area contributed by atoms with Crippen molar-refractivity contribution in [2.45, 2.75) is 51.0 Å². The van der Waals surface area contributed by atoms with Crippen LogP contribution in [-0.2, 0) is 11.8 Å². The lowest BCUT2D eigenvalue weighted by Gasteiger charge is -2.37. The Morgan fingerprint density at radius 3 is 2.64 bits per heavy atom. The summed E-state index contributed by atoms with van der Waals surface area (Å²) in [6, 6.07) is 8.67. The largest absolute Gasteiger partial charge is 0.494 e. The summed E-state index contributed by atoms with van der Waals surface area (Å²) in [7, 11) is 5.97. The summed E-state index contributed by atoms with van der Waals surface area (Å²) in [4.78, 5) is 18.6. The van der Waals surface area contributed by atoms with Crippen LogP contribution >= 0.6 is 11.6 Å². The molecular weight excluding hydrogens is 472 g/mol. The fourth-order valence-electron chi connectivity index (χ4n) is 5.36. The van der Waals surface area contributed by atoms with Gasteiger partial charge in [-0.2, -0.15) is 0 Å². The lowest BCUT2D eigenvalue weighted by atomic mass is 9.86. The van der Waals surface area contributed by atoms with Crippen LogP contribution in [0.25, 0.3) is 11.3 Å². The van der Waals surface area contributed by atoms with Crippen LogP contribution in [0.4, 0.5) is 17.3 Å². The number of nitrogens with zero attached hydrogens (tertiary/aromatic N) is 5. The van der Waals surface area contributed by atoms with E-state index < -0.39 is 0 Å². The molecule has 0 unspecified atom stereocenters. The molecule has 36 heavy (non-hydrogen) atoms. The first-order chi connectivity index (χ1) is 17.2. The number of methoxy groups -OCH3 is 1. The minimum atomic E-state index is 0.139. The van der Waals surface area contributed by atoms with E-state index in [4.69, 9.17) is 26.3 Å². The van der Waals surface area contributed by atoms with Gasteiger partial charge in [-0.3, -0.25) is 4.98 Å². The van der Waals surface area contributed by atoms with Crippen molar-refractivity contribution in [1.82, 2.24) is 19.9 Å². The van der Waals surface area contributed by atoms with E-state index in [-0.39, 0.29) is 5.41 Å². The zero-order valence-electron chi connectivity index (χ0n) is 21.8. The number of halogens is 1. The number of hydrogen-bond donors (Lipinski definition) is 1. The third-order valence-electron chi connectivity index (χ3n) is 7.69. The Kier molecular flexibility index (Phi) is 6.79. The van der Waals surface area contributed by atoms with Gasteiger partial charge in [0.05, 0.1) is 29.2 Å². The summed E-state index contributed by atoms with van der Waals surface area (Å²) in [5, 5.41) is 4.00. The first-order valence-electron chi connectivity index (χ1n) is 12.6. The van der Waals surface area contributed by atoms with Gasteiger partial charge in [-0.25, -0.2) is 9.97 Å². The maximum atomic E-state index is 6.77. The van der Waals surface area contributed by atoms with Crippen molar-refractivity contribution >= 4 is 28.9 Å². The second-order valence-corrected chi connectivity index (χ2v) is 11.1. The van der Waals surface area contributed by atoms with Crippen molar-refractivity contribution in [2.75, 3.05) is 44.5 Å². The topological polar surface area (TPSA) is 66.4 Å². The number of rotatable bonds is 6. The minimum absolute atomic E-state index is 0.139. The maximum absolute atomic E-state index is 6.77. The van der Waals surface area contributed by atoms with Crippen molar-refractivity contribution < 1.29 is 4.74 Å². The van der Waals surface area contributed by atoms with E-state index >= 15 is 0 Å². The van der Waals surface area contributed by atoms with Crippen molar-refractivity contribution in [3.05, 3.63) is 52.9 Å². The summed E-state index contributed by atoms with van der Waals surface area (Å²) >= 11 is 6.77. The molecule has 0 atom stereocenters. The van der Waals surface area contributed by atoms with Crippen molar-refractivity contribution in [3.63, 3.8) is 0 Å². The van der Waals surface area contributed by atoms with Gasteiger partial charge in [0.2, 0.25) is 5.95 Å². The minimum Gasteiger partial charge on any atom is -0.494 e. The zero-order valence-corrected chi connectivity index (χ0v) is 22.6. The third-order valence-corrected chi connectivity index (χ3v) is 7.99. The number of piperidine rings is 1. The molecule has 0 bridgehead atoms. The quantitative estimate of drug-likeness (QED) is 0.460. The summed E-state index contributed by atoms with van der Waals surface area (Å²) in [6.07, 6.45) is 8.06. The van der Waals surface area contributed by atoms with Crippen molar-refractivity contribution in [3.8, 4) is 17.0 Å². The first-order valence-corrected chi connectivity index (χ1v) is 13.0. The molecular formula is C28H35ClN6O. The number of aryl methyl sites for hydroxylation is 1. The van der Waals surface area contributed by atoms with Gasteiger partial charge in [-0.15, -0.1) is 0 Å². The molecule has 1 aliphatic carbocycles. The molecule has 1 fully saturated rings. The number of anilines is 3. The number of hydrogen-bond acceptors (Lipinski definition) is 7. The lowest BCUT2D eigenvalue weighted by molar-refractivity contribution is 0.249. The Labute approximate surface area is 218 Å². The van der Waals surface area contributed by atoms with Crippen molar-refractivity contribution in [2.24, 2.45) is 0 Å². The van der Waals surface area contributed by atoms with Crippen LogP contribution in [-0.4, -0.2) is 60.2 Å². The van der Waals surface area contributed by atoms with Gasteiger partial charge in [-0.05, 0) is 69.0 Å². The van der Waals surface area contributed by atoms with E-state index in [1.54, 1.807) is 13.3 Å². The zero-order chi connectivity index (χ0) is 25.4. The summed E-state index contributed by atoms with van der Waals surface area (Å²) < 4.78 is 5.73. The van der Waals surface area contributed by atoms with E-state index in [2.05, 4.69) is 54.1 Å². The van der Waals surface area contributed by atoms with Crippen LogP contribution in [0.1, 0.15) is 44.4 Å². The highest BCUT2D eigenvalue weighted by Gasteiger charge is 2.31. The number of pyridine rings is 1. The van der Waals surface area contributed by atoms with E-state index in [9.17, 15) is 0 Å². The molecule has 8 heteroatoms. The fourth-order valence-corrected chi connectivity index (χ4v) is 5.64. The second-order valence-electron chi connectivity index (χ2n) is 10.7. The Hall–Kier alpha value is -2.90. The third kappa shape index (κ3) is 4.87. The molecule has 0 radical (unpaired) electrons. The van der Waals surface area contributed by atoms with Gasteiger partial charge < -0.3 is 19.9 Å². The lowest BCUT2D eigenvalue weighted by Crippen LogP contribution is -2.42. The predicted octanol–water partition coefficient (Wildman–Crippen LogP) is 5.70. The number of aromatic nitrogens is 3. The highest BCUT2D eigenvalue weighted by atomic mass is 35.5. The van der Waals surface area contributed by atoms with E-state index in [1.165, 1.54) is 11.3 Å². The van der Waals surface area contributed by atoms with Crippen molar-refractivity contribution in [1.29, 1.82) is 0 Å². The average molecular weight is 507 g/mol. The molecule has 190 valence electrons. The van der Waals surface area contributed by atoms with E-state index in [1.807, 2.05) is 24.4 Å². The summed E-state index contributed by atoms with van der Waals surface area (Å²) in [5.74, 6) is 1.19. The summed E-state index contributed by atoms with van der Waals surface area (Å²) in [6.45, 7) is 6.49. The molecule has 3 heterocycles. The van der Waals surface area contributed by atoms with E-state index in [0.29, 0.717) is 22.8 Å². The van der Waals surface area contributed by atoms with E-state index in [0.717, 1.165) is 61.4 Å². The molecule has 1 saturated heterocycles. The van der Waals surface area contributed by atoms with Crippen LogP contribution in [0, 0.1) is 0 Å². The molecule has 7 nitrogen and oxygen atoms in total. The Bertz CT molecular complexity index is 1250. The molecule has 0 saturated carbocycles. The molecule has 1 aromatic carbocycles. The van der Waals surface area contributed by atoms with Crippen LogP contribution in [0.5, 0.6) is 5.75 Å². The van der Waals surface area contributed by atoms with Crippen LogP contribution in [0.2, 0.25) is 5.02 Å². The van der Waals surface area contributed by atoms with Crippen LogP contribution in [0.15, 0.2) is 36.7 Å². The average Bonchev–Trinajstić information content (AvgIpc) is 3.18. The summed E-state index contributed by atoms with van der Waals surface area (Å²) in [5.41, 5.74) is 6.21. The molecule has 2 aromatic heterocycles. The highest BCUT2D eigenvalue weighted by Crippen LogP contribution is 2.40. The monoisotopic (exact) mass is 506 g/mol. The molecule has 0 amide bonds. The van der Waals surface area contributed by atoms with Crippen LogP contribution in [0.3, 0.4) is 0 Å². The number of benzene rings is 1. The Morgan fingerprint density at radius 1 is 1.14 bits per heavy atom.